The van der Waals surface area contributed by atoms with Gasteiger partial charge in [-0.15, -0.1) is 0 Å². The van der Waals surface area contributed by atoms with Crippen LogP contribution >= 0.6 is 0 Å². The summed E-state index contributed by atoms with van der Waals surface area (Å²) in [6, 6.07) is 9.77. The van der Waals surface area contributed by atoms with Crippen molar-refractivity contribution in [3.8, 4) is 5.75 Å². The van der Waals surface area contributed by atoms with E-state index in [0.29, 0.717) is 30.4 Å². The van der Waals surface area contributed by atoms with Crippen LogP contribution in [0.4, 0.5) is 0 Å². The van der Waals surface area contributed by atoms with Crippen molar-refractivity contribution in [2.75, 3.05) is 0 Å². The zero-order valence-electron chi connectivity index (χ0n) is 13.7. The lowest BCUT2D eigenvalue weighted by Crippen LogP contribution is -2.22. The first-order valence-corrected chi connectivity index (χ1v) is 8.00. The van der Waals surface area contributed by atoms with E-state index in [1.165, 1.54) is 13.0 Å². The van der Waals surface area contributed by atoms with Gasteiger partial charge in [-0.3, -0.25) is 14.4 Å². The maximum atomic E-state index is 12.8. The summed E-state index contributed by atoms with van der Waals surface area (Å²) < 4.78 is 5.09. The fourth-order valence-corrected chi connectivity index (χ4v) is 3.00. The van der Waals surface area contributed by atoms with Crippen LogP contribution in [0.3, 0.4) is 0 Å². The van der Waals surface area contributed by atoms with Gasteiger partial charge in [0, 0.05) is 30.0 Å². The number of esters is 1. The lowest BCUT2D eigenvalue weighted by Gasteiger charge is -2.20. The number of aryl methyl sites for hydroxylation is 1. The van der Waals surface area contributed by atoms with Crippen LogP contribution in [-0.4, -0.2) is 23.8 Å². The molecule has 0 saturated carbocycles. The molecule has 0 amide bonds. The summed E-state index contributed by atoms with van der Waals surface area (Å²) in [5.74, 6) is -1.05. The van der Waals surface area contributed by atoms with Gasteiger partial charge < -0.3 is 9.53 Å². The molecule has 5 nitrogen and oxygen atoms in total. The summed E-state index contributed by atoms with van der Waals surface area (Å²) in [5, 5.41) is 0. The van der Waals surface area contributed by atoms with E-state index >= 15 is 0 Å². The van der Waals surface area contributed by atoms with E-state index in [-0.39, 0.29) is 28.4 Å². The van der Waals surface area contributed by atoms with E-state index in [9.17, 15) is 19.2 Å². The number of hydrogen-bond donors (Lipinski definition) is 0. The van der Waals surface area contributed by atoms with Crippen molar-refractivity contribution in [3.05, 3.63) is 64.2 Å². The molecule has 0 atom stereocenters. The Labute approximate surface area is 144 Å². The molecular formula is C20H16O5. The molecule has 0 N–H and O–H groups in total. The van der Waals surface area contributed by atoms with E-state index < -0.39 is 5.97 Å². The van der Waals surface area contributed by atoms with Gasteiger partial charge >= 0.3 is 5.97 Å². The summed E-state index contributed by atoms with van der Waals surface area (Å²) in [6.07, 6.45) is 2.67. The monoisotopic (exact) mass is 336 g/mol. The number of unbranched alkanes of at least 4 members (excludes halogenated alkanes) is 1. The van der Waals surface area contributed by atoms with Crippen molar-refractivity contribution in [2.24, 2.45) is 0 Å². The Hall–Kier alpha value is -3.08. The lowest BCUT2D eigenvalue weighted by atomic mass is 9.82. The first-order chi connectivity index (χ1) is 12.0. The summed E-state index contributed by atoms with van der Waals surface area (Å²) in [4.78, 5) is 47.4. The Balaban J connectivity index is 2.03. The van der Waals surface area contributed by atoms with E-state index in [2.05, 4.69) is 0 Å². The lowest BCUT2D eigenvalue weighted by molar-refractivity contribution is -0.131. The van der Waals surface area contributed by atoms with Crippen molar-refractivity contribution in [2.45, 2.75) is 26.2 Å². The maximum absolute atomic E-state index is 12.8. The highest BCUT2D eigenvalue weighted by molar-refractivity contribution is 6.29. The number of ether oxygens (including phenoxy) is 1. The van der Waals surface area contributed by atoms with Crippen LogP contribution in [0.5, 0.6) is 5.75 Å². The van der Waals surface area contributed by atoms with E-state index in [0.717, 1.165) is 11.8 Å². The maximum Gasteiger partial charge on any atom is 0.308 e. The van der Waals surface area contributed by atoms with Gasteiger partial charge in [0.1, 0.15) is 12.0 Å². The third-order valence-corrected chi connectivity index (χ3v) is 4.11. The molecule has 1 aliphatic carbocycles. The second-order valence-electron chi connectivity index (χ2n) is 5.87. The molecule has 5 heteroatoms. The Morgan fingerprint density at radius 2 is 1.84 bits per heavy atom. The Morgan fingerprint density at radius 1 is 1.04 bits per heavy atom. The van der Waals surface area contributed by atoms with E-state index in [1.54, 1.807) is 30.3 Å². The van der Waals surface area contributed by atoms with Crippen molar-refractivity contribution >= 4 is 23.8 Å². The Morgan fingerprint density at radius 3 is 2.56 bits per heavy atom. The second-order valence-corrected chi connectivity index (χ2v) is 5.87. The SMILES string of the molecule is CC(=O)Oc1cccc2c1C(=O)c1ccc(CCCC=O)cc1C2=O. The van der Waals surface area contributed by atoms with Crippen LogP contribution in [0.25, 0.3) is 0 Å². The molecule has 0 fully saturated rings. The molecule has 3 rings (SSSR count). The number of ketones is 2. The third kappa shape index (κ3) is 3.13. The van der Waals surface area contributed by atoms with Gasteiger partial charge in [-0.2, -0.15) is 0 Å². The molecule has 0 radical (unpaired) electrons. The molecule has 0 saturated heterocycles. The van der Waals surface area contributed by atoms with Crippen molar-refractivity contribution in [1.29, 1.82) is 0 Å². The number of aldehydes is 1. The molecule has 126 valence electrons. The van der Waals surface area contributed by atoms with Gasteiger partial charge in [-0.25, -0.2) is 0 Å². The second kappa shape index (κ2) is 6.81. The summed E-state index contributed by atoms with van der Waals surface area (Å²) >= 11 is 0. The highest BCUT2D eigenvalue weighted by Gasteiger charge is 2.32. The molecule has 0 heterocycles. The average Bonchev–Trinajstić information content (AvgIpc) is 2.59. The molecule has 2 aromatic carbocycles. The number of carbonyl (C=O) groups is 4. The molecule has 1 aliphatic rings. The third-order valence-electron chi connectivity index (χ3n) is 4.11. The molecule has 0 aliphatic heterocycles. The average molecular weight is 336 g/mol. The fraction of sp³-hybridized carbons (Fsp3) is 0.200. The Bertz CT molecular complexity index is 895. The number of hydrogen-bond acceptors (Lipinski definition) is 5. The summed E-state index contributed by atoms with van der Waals surface area (Å²) in [7, 11) is 0. The van der Waals surface area contributed by atoms with Gasteiger partial charge in [0.05, 0.1) is 5.56 Å². The van der Waals surface area contributed by atoms with Gasteiger partial charge in [0.25, 0.3) is 0 Å². The number of benzene rings is 2. The highest BCUT2D eigenvalue weighted by atomic mass is 16.5. The topological polar surface area (TPSA) is 77.5 Å². The molecular weight excluding hydrogens is 320 g/mol. The standard InChI is InChI=1S/C20H16O5/c1-12(22)25-17-7-4-6-15-18(17)20(24)14-9-8-13(5-2-3-10-21)11-16(14)19(15)23/h4,6-11H,2-3,5H2,1H3. The first-order valence-electron chi connectivity index (χ1n) is 8.00. The predicted molar refractivity (Wildman–Crippen MR) is 90.1 cm³/mol. The molecule has 0 aromatic heterocycles. The summed E-state index contributed by atoms with van der Waals surface area (Å²) in [6.45, 7) is 1.24. The zero-order valence-corrected chi connectivity index (χ0v) is 13.7. The van der Waals surface area contributed by atoms with Gasteiger partial charge in [0.2, 0.25) is 0 Å². The number of fused-ring (bicyclic) bond motifs is 2. The van der Waals surface area contributed by atoms with Crippen LogP contribution in [0.1, 0.15) is 57.2 Å². The molecule has 0 unspecified atom stereocenters. The zero-order chi connectivity index (χ0) is 18.0. The molecule has 25 heavy (non-hydrogen) atoms. The molecule has 2 aromatic rings. The van der Waals surface area contributed by atoms with E-state index in [4.69, 9.17) is 4.74 Å². The van der Waals surface area contributed by atoms with Crippen molar-refractivity contribution < 1.29 is 23.9 Å². The number of carbonyl (C=O) groups excluding carboxylic acids is 4. The van der Waals surface area contributed by atoms with Crippen LogP contribution in [0.2, 0.25) is 0 Å². The van der Waals surface area contributed by atoms with Crippen LogP contribution in [0, 0.1) is 0 Å². The highest BCUT2D eigenvalue weighted by Crippen LogP contribution is 2.33. The quantitative estimate of drug-likeness (QED) is 0.310. The van der Waals surface area contributed by atoms with Crippen molar-refractivity contribution in [3.63, 3.8) is 0 Å². The van der Waals surface area contributed by atoms with Crippen LogP contribution < -0.4 is 4.74 Å². The van der Waals surface area contributed by atoms with Crippen LogP contribution in [-0.2, 0) is 16.0 Å². The molecule has 0 bridgehead atoms. The Kier molecular flexibility index (Phi) is 4.57. The van der Waals surface area contributed by atoms with Crippen LogP contribution in [0.15, 0.2) is 36.4 Å². The van der Waals surface area contributed by atoms with Gasteiger partial charge in [0.15, 0.2) is 11.6 Å². The first kappa shape index (κ1) is 16.8. The van der Waals surface area contributed by atoms with Gasteiger partial charge in [-0.1, -0.05) is 24.3 Å². The number of rotatable bonds is 5. The smallest absolute Gasteiger partial charge is 0.308 e. The minimum Gasteiger partial charge on any atom is -0.426 e. The summed E-state index contributed by atoms with van der Waals surface area (Å²) in [5.41, 5.74) is 1.92. The predicted octanol–water partition coefficient (Wildman–Crippen LogP) is 2.91. The minimum absolute atomic E-state index is 0.101. The normalized spacial score (nSPS) is 12.4. The van der Waals surface area contributed by atoms with E-state index in [1.807, 2.05) is 0 Å². The fourth-order valence-electron chi connectivity index (χ4n) is 3.00. The largest absolute Gasteiger partial charge is 0.426 e. The molecule has 0 spiro atoms. The minimum atomic E-state index is -0.551. The van der Waals surface area contributed by atoms with Crippen molar-refractivity contribution in [1.82, 2.24) is 0 Å². The van der Waals surface area contributed by atoms with Gasteiger partial charge in [-0.05, 0) is 30.5 Å².